The predicted molar refractivity (Wildman–Crippen MR) is 52.1 cm³/mol. The second kappa shape index (κ2) is 2.73. The zero-order valence-corrected chi connectivity index (χ0v) is 8.64. The first-order valence-electron chi connectivity index (χ1n) is 5.35. The quantitative estimate of drug-likeness (QED) is 0.579. The summed E-state index contributed by atoms with van der Waals surface area (Å²) in [7, 11) is 2.25. The van der Waals surface area contributed by atoms with E-state index in [2.05, 4.69) is 25.8 Å². The van der Waals surface area contributed by atoms with Crippen LogP contribution in [-0.4, -0.2) is 25.0 Å². The van der Waals surface area contributed by atoms with Crippen molar-refractivity contribution in [3.05, 3.63) is 0 Å². The van der Waals surface area contributed by atoms with Gasteiger partial charge in [0.15, 0.2) is 0 Å². The average Bonchev–Trinajstić information content (AvgIpc) is 2.28. The molecule has 0 aromatic rings. The van der Waals surface area contributed by atoms with E-state index in [-0.39, 0.29) is 0 Å². The molecule has 1 spiro atoms. The van der Waals surface area contributed by atoms with Crippen molar-refractivity contribution in [2.75, 3.05) is 20.1 Å². The fraction of sp³-hybridized carbons (Fsp3) is 1.00. The average molecular weight is 167 g/mol. The molecule has 0 radical (unpaired) electrons. The van der Waals surface area contributed by atoms with Crippen LogP contribution in [0.2, 0.25) is 0 Å². The molecule has 1 nitrogen and oxygen atoms in total. The summed E-state index contributed by atoms with van der Waals surface area (Å²) >= 11 is 0. The van der Waals surface area contributed by atoms with E-state index in [9.17, 15) is 0 Å². The van der Waals surface area contributed by atoms with Crippen molar-refractivity contribution in [2.45, 2.75) is 33.1 Å². The van der Waals surface area contributed by atoms with E-state index in [1.165, 1.54) is 32.4 Å². The highest BCUT2D eigenvalue weighted by atomic mass is 15.2. The van der Waals surface area contributed by atoms with Gasteiger partial charge in [-0.2, -0.15) is 0 Å². The van der Waals surface area contributed by atoms with E-state index in [0.717, 1.165) is 17.3 Å². The minimum absolute atomic E-state index is 0.745. The summed E-state index contributed by atoms with van der Waals surface area (Å²) in [4.78, 5) is 2.47. The van der Waals surface area contributed by atoms with Gasteiger partial charge in [-0.1, -0.05) is 20.3 Å². The molecule has 0 N–H and O–H groups in total. The van der Waals surface area contributed by atoms with Crippen LogP contribution in [0, 0.1) is 17.3 Å². The van der Waals surface area contributed by atoms with Crippen LogP contribution in [0.3, 0.4) is 0 Å². The van der Waals surface area contributed by atoms with Crippen molar-refractivity contribution in [3.63, 3.8) is 0 Å². The minimum Gasteiger partial charge on any atom is -0.305 e. The molecule has 1 heterocycles. The van der Waals surface area contributed by atoms with Crippen molar-refractivity contribution in [1.29, 1.82) is 0 Å². The van der Waals surface area contributed by atoms with Gasteiger partial charge in [0.05, 0.1) is 0 Å². The molecule has 70 valence electrons. The Kier molecular flexibility index (Phi) is 1.95. The smallest absolute Gasteiger partial charge is 0.00501 e. The number of hydrogen-bond donors (Lipinski definition) is 0. The Labute approximate surface area is 76.1 Å². The maximum absolute atomic E-state index is 2.47. The molecule has 2 atom stereocenters. The molecule has 1 aliphatic carbocycles. The first-order chi connectivity index (χ1) is 5.66. The van der Waals surface area contributed by atoms with Crippen LogP contribution in [0.5, 0.6) is 0 Å². The monoisotopic (exact) mass is 167 g/mol. The van der Waals surface area contributed by atoms with Crippen LogP contribution in [0.25, 0.3) is 0 Å². The van der Waals surface area contributed by atoms with E-state index in [1.807, 2.05) is 0 Å². The molecular weight excluding hydrogens is 146 g/mol. The highest BCUT2D eigenvalue weighted by Gasteiger charge is 2.50. The Morgan fingerprint density at radius 1 is 1.42 bits per heavy atom. The van der Waals surface area contributed by atoms with Crippen LogP contribution in [0.1, 0.15) is 33.1 Å². The van der Waals surface area contributed by atoms with Crippen molar-refractivity contribution < 1.29 is 0 Å². The van der Waals surface area contributed by atoms with Crippen LogP contribution >= 0.6 is 0 Å². The van der Waals surface area contributed by atoms with Gasteiger partial charge in [0, 0.05) is 13.1 Å². The lowest BCUT2D eigenvalue weighted by molar-refractivity contribution is -0.00723. The number of nitrogens with zero attached hydrogens (tertiary/aromatic N) is 1. The number of likely N-dealkylation sites (tertiary alicyclic amines) is 1. The van der Waals surface area contributed by atoms with E-state index >= 15 is 0 Å². The maximum atomic E-state index is 2.47. The van der Waals surface area contributed by atoms with Gasteiger partial charge in [0.25, 0.3) is 0 Å². The molecule has 2 rings (SSSR count). The lowest BCUT2D eigenvalue weighted by Crippen LogP contribution is -2.55. The van der Waals surface area contributed by atoms with E-state index in [1.54, 1.807) is 0 Å². The molecule has 12 heavy (non-hydrogen) atoms. The molecule has 2 fully saturated rings. The Bertz CT molecular complexity index is 170. The second-order valence-corrected chi connectivity index (χ2v) is 5.15. The fourth-order valence-corrected chi connectivity index (χ4v) is 3.39. The molecule has 0 aromatic carbocycles. The number of rotatable bonds is 1. The summed E-state index contributed by atoms with van der Waals surface area (Å²) in [5.41, 5.74) is 0.745. The highest BCUT2D eigenvalue weighted by Crippen LogP contribution is 2.52. The van der Waals surface area contributed by atoms with Crippen molar-refractivity contribution in [1.82, 2.24) is 4.90 Å². The zero-order valence-electron chi connectivity index (χ0n) is 8.64. The Morgan fingerprint density at radius 3 is 2.50 bits per heavy atom. The lowest BCUT2D eigenvalue weighted by Gasteiger charge is -2.49. The molecule has 1 heteroatoms. The summed E-state index contributed by atoms with van der Waals surface area (Å²) in [5, 5.41) is 0. The van der Waals surface area contributed by atoms with Gasteiger partial charge in [0.2, 0.25) is 0 Å². The van der Waals surface area contributed by atoms with Gasteiger partial charge in [-0.3, -0.25) is 0 Å². The van der Waals surface area contributed by atoms with Gasteiger partial charge in [-0.05, 0) is 37.1 Å². The maximum Gasteiger partial charge on any atom is 0.00501 e. The zero-order chi connectivity index (χ0) is 8.77. The third-order valence-electron chi connectivity index (χ3n) is 4.17. The molecular formula is C11H21N. The topological polar surface area (TPSA) is 3.24 Å². The third-order valence-corrected chi connectivity index (χ3v) is 4.17. The summed E-state index contributed by atoms with van der Waals surface area (Å²) in [6, 6.07) is 0. The summed E-state index contributed by atoms with van der Waals surface area (Å²) in [6.45, 7) is 7.54. The van der Waals surface area contributed by atoms with E-state index < -0.39 is 0 Å². The van der Waals surface area contributed by atoms with Gasteiger partial charge in [-0.25, -0.2) is 0 Å². The van der Waals surface area contributed by atoms with Crippen molar-refractivity contribution in [2.24, 2.45) is 17.3 Å². The Balaban J connectivity index is 2.00. The Hall–Kier alpha value is -0.0400. The lowest BCUT2D eigenvalue weighted by atomic mass is 9.72. The minimum atomic E-state index is 0.745. The number of hydrogen-bond acceptors (Lipinski definition) is 1. The van der Waals surface area contributed by atoms with Gasteiger partial charge in [0.1, 0.15) is 0 Å². The summed E-state index contributed by atoms with van der Waals surface area (Å²) in [5.74, 6) is 2.02. The first kappa shape index (κ1) is 8.55. The van der Waals surface area contributed by atoms with Gasteiger partial charge in [-0.15, -0.1) is 0 Å². The normalized spacial score (nSPS) is 40.2. The Morgan fingerprint density at radius 2 is 2.08 bits per heavy atom. The highest BCUT2D eigenvalue weighted by molar-refractivity contribution is 5.02. The van der Waals surface area contributed by atoms with E-state index in [4.69, 9.17) is 0 Å². The van der Waals surface area contributed by atoms with Crippen molar-refractivity contribution in [3.8, 4) is 0 Å². The SMILES string of the molecule is CCC1CC(C)C2(C1)CN(C)C2. The summed E-state index contributed by atoms with van der Waals surface area (Å²) < 4.78 is 0. The first-order valence-corrected chi connectivity index (χ1v) is 5.35. The molecule has 2 unspecified atom stereocenters. The van der Waals surface area contributed by atoms with Gasteiger partial charge >= 0.3 is 0 Å². The largest absolute Gasteiger partial charge is 0.305 e. The fourth-order valence-electron chi connectivity index (χ4n) is 3.39. The standard InChI is InChI=1S/C11H21N/c1-4-10-5-9(2)11(6-10)7-12(3)8-11/h9-10H,4-8H2,1-3H3. The molecule has 0 aromatic heterocycles. The van der Waals surface area contributed by atoms with E-state index in [0.29, 0.717) is 0 Å². The van der Waals surface area contributed by atoms with Crippen LogP contribution in [0.4, 0.5) is 0 Å². The van der Waals surface area contributed by atoms with Crippen LogP contribution in [-0.2, 0) is 0 Å². The van der Waals surface area contributed by atoms with Crippen molar-refractivity contribution >= 4 is 0 Å². The molecule has 1 aliphatic heterocycles. The molecule has 0 bridgehead atoms. The molecule has 1 saturated heterocycles. The molecule has 2 aliphatic rings. The van der Waals surface area contributed by atoms with Crippen LogP contribution < -0.4 is 0 Å². The molecule has 1 saturated carbocycles. The predicted octanol–water partition coefficient (Wildman–Crippen LogP) is 2.37. The second-order valence-electron chi connectivity index (χ2n) is 5.15. The van der Waals surface area contributed by atoms with Gasteiger partial charge < -0.3 is 4.90 Å². The summed E-state index contributed by atoms with van der Waals surface area (Å²) in [6.07, 6.45) is 4.40. The van der Waals surface area contributed by atoms with Crippen LogP contribution in [0.15, 0.2) is 0 Å². The molecule has 0 amide bonds. The third kappa shape index (κ3) is 1.10.